The molecule has 0 spiro atoms. The van der Waals surface area contributed by atoms with E-state index in [-0.39, 0.29) is 0 Å². The van der Waals surface area contributed by atoms with Crippen LogP contribution in [0.2, 0.25) is 0 Å². The number of hydrogen-bond acceptors (Lipinski definition) is 1. The third-order valence-electron chi connectivity index (χ3n) is 1.50. The highest BCUT2D eigenvalue weighted by molar-refractivity contribution is 5.42. The molecule has 0 atom stereocenters. The lowest BCUT2D eigenvalue weighted by atomic mass is 10.3. The Morgan fingerprint density at radius 3 is 2.42 bits per heavy atom. The molecule has 1 aromatic carbocycles. The molecule has 0 bridgehead atoms. The van der Waals surface area contributed by atoms with E-state index < -0.39 is 0 Å². The average molecular weight is 158 g/mol. The van der Waals surface area contributed by atoms with E-state index in [0.29, 0.717) is 5.88 Å². The molecule has 2 aromatic rings. The summed E-state index contributed by atoms with van der Waals surface area (Å²) in [6.07, 6.45) is 1.61. The fourth-order valence-corrected chi connectivity index (χ4v) is 0.963. The van der Waals surface area contributed by atoms with Gasteiger partial charge < -0.3 is 4.42 Å². The standard InChI is InChI=1S/C10H8NO/c1-2-5-9(6-3-1)11-10-7-4-8-12-10/h1-8H. The first kappa shape index (κ1) is 6.98. The molecule has 2 heteroatoms. The van der Waals surface area contributed by atoms with Gasteiger partial charge in [0.15, 0.2) is 0 Å². The molecule has 1 radical (unpaired) electrons. The predicted octanol–water partition coefficient (Wildman–Crippen LogP) is 2.85. The van der Waals surface area contributed by atoms with E-state index in [1.54, 1.807) is 6.26 Å². The second-order valence-corrected chi connectivity index (χ2v) is 2.40. The average Bonchev–Trinajstić information content (AvgIpc) is 2.59. The van der Waals surface area contributed by atoms with Crippen LogP contribution in [-0.4, -0.2) is 0 Å². The minimum Gasteiger partial charge on any atom is -0.447 e. The van der Waals surface area contributed by atoms with Gasteiger partial charge in [0.25, 0.3) is 0 Å². The molecule has 0 aliphatic carbocycles. The van der Waals surface area contributed by atoms with Crippen molar-refractivity contribution in [3.8, 4) is 0 Å². The molecule has 0 unspecified atom stereocenters. The lowest BCUT2D eigenvalue weighted by Gasteiger charge is -1.96. The van der Waals surface area contributed by atoms with E-state index >= 15 is 0 Å². The molecule has 1 aromatic heterocycles. The van der Waals surface area contributed by atoms with Gasteiger partial charge >= 0.3 is 0 Å². The summed E-state index contributed by atoms with van der Waals surface area (Å²) in [6.45, 7) is 0. The second-order valence-electron chi connectivity index (χ2n) is 2.40. The van der Waals surface area contributed by atoms with E-state index in [4.69, 9.17) is 4.42 Å². The number of rotatable bonds is 2. The summed E-state index contributed by atoms with van der Waals surface area (Å²) in [4.78, 5) is 0. The van der Waals surface area contributed by atoms with Gasteiger partial charge in [-0.25, -0.2) is 5.32 Å². The van der Waals surface area contributed by atoms with Crippen LogP contribution in [0.3, 0.4) is 0 Å². The minimum absolute atomic E-state index is 0.640. The van der Waals surface area contributed by atoms with E-state index in [2.05, 4.69) is 5.32 Å². The Morgan fingerprint density at radius 2 is 1.75 bits per heavy atom. The summed E-state index contributed by atoms with van der Waals surface area (Å²) in [5, 5.41) is 4.23. The first-order chi connectivity index (χ1) is 5.95. The van der Waals surface area contributed by atoms with Gasteiger partial charge in [-0.1, -0.05) is 18.2 Å². The second kappa shape index (κ2) is 3.13. The Bertz CT molecular complexity index is 326. The van der Waals surface area contributed by atoms with E-state index in [1.807, 2.05) is 42.5 Å². The minimum atomic E-state index is 0.640. The summed E-state index contributed by atoms with van der Waals surface area (Å²) < 4.78 is 5.07. The summed E-state index contributed by atoms with van der Waals surface area (Å²) in [5.74, 6) is 0.640. The highest BCUT2D eigenvalue weighted by atomic mass is 16.3. The molecule has 0 amide bonds. The van der Waals surface area contributed by atoms with Gasteiger partial charge in [-0.2, -0.15) is 0 Å². The molecule has 12 heavy (non-hydrogen) atoms. The highest BCUT2D eigenvalue weighted by Crippen LogP contribution is 2.15. The van der Waals surface area contributed by atoms with Crippen molar-refractivity contribution in [2.24, 2.45) is 0 Å². The highest BCUT2D eigenvalue weighted by Gasteiger charge is 1.96. The van der Waals surface area contributed by atoms with Crippen molar-refractivity contribution in [1.29, 1.82) is 0 Å². The van der Waals surface area contributed by atoms with Crippen LogP contribution in [0.4, 0.5) is 11.6 Å². The van der Waals surface area contributed by atoms with Gasteiger partial charge in [0.2, 0.25) is 5.88 Å². The first-order valence-corrected chi connectivity index (χ1v) is 3.75. The Hall–Kier alpha value is -1.70. The van der Waals surface area contributed by atoms with Crippen LogP contribution < -0.4 is 5.32 Å². The molecule has 0 fully saturated rings. The van der Waals surface area contributed by atoms with Gasteiger partial charge in [-0.05, 0) is 18.2 Å². The van der Waals surface area contributed by atoms with Gasteiger partial charge in [-0.3, -0.25) is 0 Å². The molecule has 59 valence electrons. The molecular formula is C10H8NO. The molecule has 2 nitrogen and oxygen atoms in total. The Labute approximate surface area is 70.8 Å². The van der Waals surface area contributed by atoms with Crippen molar-refractivity contribution in [3.63, 3.8) is 0 Å². The molecular weight excluding hydrogens is 150 g/mol. The fraction of sp³-hybridized carbons (Fsp3) is 0. The summed E-state index contributed by atoms with van der Waals surface area (Å²) >= 11 is 0. The third-order valence-corrected chi connectivity index (χ3v) is 1.50. The largest absolute Gasteiger partial charge is 0.447 e. The van der Waals surface area contributed by atoms with E-state index in [9.17, 15) is 0 Å². The van der Waals surface area contributed by atoms with Crippen LogP contribution in [0.5, 0.6) is 0 Å². The molecule has 0 saturated heterocycles. The molecule has 1 heterocycles. The summed E-state index contributed by atoms with van der Waals surface area (Å²) in [7, 11) is 0. The number of nitrogens with zero attached hydrogens (tertiary/aromatic N) is 1. The van der Waals surface area contributed by atoms with Crippen LogP contribution >= 0.6 is 0 Å². The number of hydrogen-bond donors (Lipinski definition) is 0. The number of benzene rings is 1. The zero-order valence-electron chi connectivity index (χ0n) is 6.47. The van der Waals surface area contributed by atoms with Crippen molar-refractivity contribution >= 4 is 11.6 Å². The SMILES string of the molecule is c1ccc([N]c2ccco2)cc1. The van der Waals surface area contributed by atoms with Gasteiger partial charge in [0.05, 0.1) is 12.0 Å². The van der Waals surface area contributed by atoms with Crippen molar-refractivity contribution in [2.45, 2.75) is 0 Å². The normalized spacial score (nSPS) is 9.67. The summed E-state index contributed by atoms with van der Waals surface area (Å²) in [5.41, 5.74) is 0.910. The Balaban J connectivity index is 2.15. The zero-order valence-corrected chi connectivity index (χ0v) is 6.47. The quantitative estimate of drug-likeness (QED) is 0.660. The van der Waals surface area contributed by atoms with Crippen LogP contribution in [0.25, 0.3) is 0 Å². The van der Waals surface area contributed by atoms with Crippen molar-refractivity contribution in [1.82, 2.24) is 5.32 Å². The van der Waals surface area contributed by atoms with Crippen LogP contribution in [-0.2, 0) is 0 Å². The monoisotopic (exact) mass is 158 g/mol. The fourth-order valence-electron chi connectivity index (χ4n) is 0.963. The Kier molecular flexibility index (Phi) is 1.82. The number of para-hydroxylation sites is 1. The van der Waals surface area contributed by atoms with Crippen LogP contribution in [0.15, 0.2) is 53.1 Å². The lowest BCUT2D eigenvalue weighted by molar-refractivity contribution is 0.560. The van der Waals surface area contributed by atoms with Gasteiger partial charge in [0.1, 0.15) is 0 Å². The predicted molar refractivity (Wildman–Crippen MR) is 46.6 cm³/mol. The maximum atomic E-state index is 5.07. The van der Waals surface area contributed by atoms with Crippen LogP contribution in [0, 0.1) is 0 Å². The van der Waals surface area contributed by atoms with Crippen molar-refractivity contribution < 1.29 is 4.42 Å². The number of furan rings is 1. The van der Waals surface area contributed by atoms with Crippen molar-refractivity contribution in [2.75, 3.05) is 0 Å². The van der Waals surface area contributed by atoms with Gasteiger partial charge in [-0.15, -0.1) is 0 Å². The first-order valence-electron chi connectivity index (χ1n) is 3.75. The lowest BCUT2D eigenvalue weighted by Crippen LogP contribution is -1.84. The maximum Gasteiger partial charge on any atom is 0.218 e. The summed E-state index contributed by atoms with van der Waals surface area (Å²) in [6, 6.07) is 13.4. The topological polar surface area (TPSA) is 27.2 Å². The van der Waals surface area contributed by atoms with E-state index in [1.165, 1.54) is 0 Å². The smallest absolute Gasteiger partial charge is 0.218 e. The Morgan fingerprint density at radius 1 is 0.917 bits per heavy atom. The van der Waals surface area contributed by atoms with Crippen LogP contribution in [0.1, 0.15) is 0 Å². The maximum absolute atomic E-state index is 5.07. The zero-order chi connectivity index (χ0) is 8.23. The molecule has 0 saturated carbocycles. The van der Waals surface area contributed by atoms with Gasteiger partial charge in [0, 0.05) is 6.07 Å². The van der Waals surface area contributed by atoms with E-state index in [0.717, 1.165) is 5.69 Å². The molecule has 0 aliphatic heterocycles. The molecule has 0 aliphatic rings. The molecule has 0 N–H and O–H groups in total. The van der Waals surface area contributed by atoms with Crippen molar-refractivity contribution in [3.05, 3.63) is 48.7 Å². The third kappa shape index (κ3) is 1.48. The molecule has 2 rings (SSSR count).